The number of nitrogens with zero attached hydrogens (tertiary/aromatic N) is 4. The van der Waals surface area contributed by atoms with Gasteiger partial charge in [-0.05, 0) is 0 Å². The van der Waals surface area contributed by atoms with Gasteiger partial charge in [-0.2, -0.15) is 10.2 Å². The van der Waals surface area contributed by atoms with Gasteiger partial charge in [0.25, 0.3) is 5.91 Å². The third-order valence-electron chi connectivity index (χ3n) is 2.76. The second kappa shape index (κ2) is 6.40. The van der Waals surface area contributed by atoms with Crippen LogP contribution in [0, 0.1) is 0 Å². The number of hydrogen-bond acceptors (Lipinski definition) is 4. The van der Waals surface area contributed by atoms with Crippen molar-refractivity contribution in [1.29, 1.82) is 0 Å². The summed E-state index contributed by atoms with van der Waals surface area (Å²) in [6, 6.07) is 0. The third kappa shape index (κ3) is 3.60. The minimum absolute atomic E-state index is 0.189. The number of alkyl halides is 1. The molecule has 112 valence electrons. The van der Waals surface area contributed by atoms with Gasteiger partial charge in [-0.1, -0.05) is 0 Å². The molecule has 0 saturated heterocycles. The maximum absolute atomic E-state index is 12.2. The van der Waals surface area contributed by atoms with E-state index in [0.717, 1.165) is 5.56 Å². The van der Waals surface area contributed by atoms with Crippen molar-refractivity contribution in [2.75, 3.05) is 11.2 Å². The fraction of sp³-hybridized carbons (Fsp3) is 0.333. The fourth-order valence-electron chi connectivity index (χ4n) is 1.81. The smallest absolute Gasteiger partial charge is 0.271 e. The Hall–Kier alpha value is -2.35. The SMILES string of the molecule is Cn1cc(CNC(=O)c2c(NC(=O)CCl)cnn2C)cn1. The number of aryl methyl sites for hydroxylation is 2. The van der Waals surface area contributed by atoms with Crippen LogP contribution in [-0.2, 0) is 25.4 Å². The number of rotatable bonds is 5. The third-order valence-corrected chi connectivity index (χ3v) is 3.00. The summed E-state index contributed by atoms with van der Waals surface area (Å²) in [5, 5.41) is 13.3. The van der Waals surface area contributed by atoms with E-state index in [0.29, 0.717) is 12.2 Å². The number of halogens is 1. The minimum Gasteiger partial charge on any atom is -0.346 e. The first kappa shape index (κ1) is 15.0. The monoisotopic (exact) mass is 310 g/mol. The van der Waals surface area contributed by atoms with Crippen molar-refractivity contribution in [2.45, 2.75) is 6.54 Å². The van der Waals surface area contributed by atoms with Crippen molar-refractivity contribution < 1.29 is 9.59 Å². The molecule has 2 amide bonds. The Bertz CT molecular complexity index is 663. The van der Waals surface area contributed by atoms with Gasteiger partial charge in [0.2, 0.25) is 5.91 Å². The summed E-state index contributed by atoms with van der Waals surface area (Å²) >= 11 is 5.44. The summed E-state index contributed by atoms with van der Waals surface area (Å²) in [7, 11) is 3.42. The van der Waals surface area contributed by atoms with E-state index in [9.17, 15) is 9.59 Å². The molecular weight excluding hydrogens is 296 g/mol. The zero-order valence-corrected chi connectivity index (χ0v) is 12.4. The van der Waals surface area contributed by atoms with Crippen LogP contribution >= 0.6 is 11.6 Å². The first-order valence-corrected chi connectivity index (χ1v) is 6.68. The molecule has 0 aliphatic carbocycles. The fourth-order valence-corrected chi connectivity index (χ4v) is 1.88. The second-order valence-corrected chi connectivity index (χ2v) is 4.68. The van der Waals surface area contributed by atoms with Gasteiger partial charge in [-0.15, -0.1) is 11.6 Å². The molecule has 0 atom stereocenters. The number of amides is 2. The number of carbonyl (C=O) groups is 2. The van der Waals surface area contributed by atoms with E-state index >= 15 is 0 Å². The quantitative estimate of drug-likeness (QED) is 0.775. The van der Waals surface area contributed by atoms with Crippen LogP contribution in [-0.4, -0.2) is 37.3 Å². The maximum atomic E-state index is 12.2. The normalized spacial score (nSPS) is 10.4. The van der Waals surface area contributed by atoms with Gasteiger partial charge in [0.1, 0.15) is 11.6 Å². The minimum atomic E-state index is -0.397. The predicted molar refractivity (Wildman–Crippen MR) is 76.9 cm³/mol. The van der Waals surface area contributed by atoms with E-state index in [2.05, 4.69) is 20.8 Å². The molecule has 0 radical (unpaired) electrons. The molecule has 0 unspecified atom stereocenters. The average Bonchev–Trinajstić information content (AvgIpc) is 3.02. The summed E-state index contributed by atoms with van der Waals surface area (Å²) in [5.74, 6) is -0.930. The zero-order valence-electron chi connectivity index (χ0n) is 11.6. The van der Waals surface area contributed by atoms with Gasteiger partial charge in [0, 0.05) is 32.4 Å². The first-order chi connectivity index (χ1) is 10.0. The molecule has 9 heteroatoms. The van der Waals surface area contributed by atoms with Crippen LogP contribution in [0.25, 0.3) is 0 Å². The Morgan fingerprint density at radius 2 is 2.05 bits per heavy atom. The molecule has 0 spiro atoms. The number of anilines is 1. The Kier molecular flexibility index (Phi) is 4.59. The molecule has 8 nitrogen and oxygen atoms in total. The Labute approximate surface area is 126 Å². The van der Waals surface area contributed by atoms with Crippen LogP contribution in [0.2, 0.25) is 0 Å². The molecule has 2 heterocycles. The van der Waals surface area contributed by atoms with Gasteiger partial charge in [0.05, 0.1) is 18.1 Å². The summed E-state index contributed by atoms with van der Waals surface area (Å²) in [6.45, 7) is 0.334. The Balaban J connectivity index is 2.07. The lowest BCUT2D eigenvalue weighted by molar-refractivity contribution is -0.113. The van der Waals surface area contributed by atoms with E-state index < -0.39 is 5.91 Å². The average molecular weight is 311 g/mol. The van der Waals surface area contributed by atoms with Crippen molar-refractivity contribution in [1.82, 2.24) is 24.9 Å². The van der Waals surface area contributed by atoms with Crippen LogP contribution in [0.5, 0.6) is 0 Å². The lowest BCUT2D eigenvalue weighted by Crippen LogP contribution is -2.26. The van der Waals surface area contributed by atoms with Crippen LogP contribution in [0.3, 0.4) is 0 Å². The van der Waals surface area contributed by atoms with Gasteiger partial charge < -0.3 is 10.6 Å². The summed E-state index contributed by atoms with van der Waals surface area (Å²) in [4.78, 5) is 23.5. The topological polar surface area (TPSA) is 93.8 Å². The predicted octanol–water partition coefficient (Wildman–Crippen LogP) is 0.261. The number of hydrogen-bond donors (Lipinski definition) is 2. The van der Waals surface area contributed by atoms with E-state index in [1.54, 1.807) is 31.2 Å². The molecule has 0 bridgehead atoms. The summed E-state index contributed by atoms with van der Waals surface area (Å²) < 4.78 is 3.04. The van der Waals surface area contributed by atoms with Crippen LogP contribution < -0.4 is 10.6 Å². The Morgan fingerprint density at radius 3 is 2.67 bits per heavy atom. The second-order valence-electron chi connectivity index (χ2n) is 4.42. The number of nitrogens with one attached hydrogen (secondary N) is 2. The highest BCUT2D eigenvalue weighted by Gasteiger charge is 2.18. The van der Waals surface area contributed by atoms with Gasteiger partial charge in [-0.3, -0.25) is 19.0 Å². The highest BCUT2D eigenvalue weighted by molar-refractivity contribution is 6.29. The van der Waals surface area contributed by atoms with Crippen molar-refractivity contribution in [3.8, 4) is 0 Å². The molecule has 0 fully saturated rings. The van der Waals surface area contributed by atoms with E-state index in [4.69, 9.17) is 11.6 Å². The highest BCUT2D eigenvalue weighted by Crippen LogP contribution is 2.14. The molecule has 2 aromatic rings. The van der Waals surface area contributed by atoms with Crippen molar-refractivity contribution in [2.24, 2.45) is 14.1 Å². The van der Waals surface area contributed by atoms with E-state index in [1.165, 1.54) is 10.9 Å². The lowest BCUT2D eigenvalue weighted by atomic mass is 10.3. The number of carbonyl (C=O) groups excluding carboxylic acids is 2. The van der Waals surface area contributed by atoms with Crippen LogP contribution in [0.15, 0.2) is 18.6 Å². The van der Waals surface area contributed by atoms with Crippen molar-refractivity contribution in [3.05, 3.63) is 29.8 Å². The van der Waals surface area contributed by atoms with Crippen LogP contribution in [0.4, 0.5) is 5.69 Å². The lowest BCUT2D eigenvalue weighted by Gasteiger charge is -2.07. The maximum Gasteiger partial charge on any atom is 0.271 e. The van der Waals surface area contributed by atoms with Crippen molar-refractivity contribution in [3.63, 3.8) is 0 Å². The van der Waals surface area contributed by atoms with Crippen LogP contribution in [0.1, 0.15) is 16.1 Å². The molecule has 21 heavy (non-hydrogen) atoms. The molecule has 0 aliphatic heterocycles. The highest BCUT2D eigenvalue weighted by atomic mass is 35.5. The molecular formula is C12H15ClN6O2. The molecule has 0 aromatic carbocycles. The van der Waals surface area contributed by atoms with Gasteiger partial charge >= 0.3 is 0 Å². The number of aromatic nitrogens is 4. The zero-order chi connectivity index (χ0) is 15.4. The largest absolute Gasteiger partial charge is 0.346 e. The summed E-state index contributed by atoms with van der Waals surface area (Å²) in [6.07, 6.45) is 4.88. The van der Waals surface area contributed by atoms with E-state index in [1.807, 2.05) is 0 Å². The Morgan fingerprint density at radius 1 is 1.29 bits per heavy atom. The van der Waals surface area contributed by atoms with Gasteiger partial charge in [-0.25, -0.2) is 0 Å². The molecule has 0 aliphatic rings. The first-order valence-electron chi connectivity index (χ1n) is 6.14. The molecule has 2 rings (SSSR count). The standard InChI is InChI=1S/C12H15ClN6O2/c1-18-7-8(5-15-18)4-14-12(21)11-9(6-16-19(11)2)17-10(20)3-13/h5-7H,3-4H2,1-2H3,(H,14,21)(H,17,20). The molecule has 2 aromatic heterocycles. The van der Waals surface area contributed by atoms with Crippen molar-refractivity contribution >= 4 is 29.1 Å². The van der Waals surface area contributed by atoms with Gasteiger partial charge in [0.15, 0.2) is 0 Å². The van der Waals surface area contributed by atoms with E-state index in [-0.39, 0.29) is 17.5 Å². The molecule has 2 N–H and O–H groups in total. The summed E-state index contributed by atoms with van der Waals surface area (Å²) in [5.41, 5.74) is 1.46. The molecule has 0 saturated carbocycles.